The Morgan fingerprint density at radius 3 is 3.23 bits per heavy atom. The van der Waals surface area contributed by atoms with Crippen LogP contribution in [-0.4, -0.2) is 50.1 Å². The molecule has 0 unspecified atom stereocenters. The summed E-state index contributed by atoms with van der Waals surface area (Å²) in [7, 11) is 0. The van der Waals surface area contributed by atoms with E-state index in [0.29, 0.717) is 6.54 Å². The molecule has 2 N–H and O–H groups in total. The maximum atomic E-state index is 11.2. The second-order valence-corrected chi connectivity index (χ2v) is 3.33. The van der Waals surface area contributed by atoms with Crippen molar-refractivity contribution in [1.29, 1.82) is 0 Å². The highest BCUT2D eigenvalue weighted by atomic mass is 16.2. The summed E-state index contributed by atoms with van der Waals surface area (Å²) >= 11 is 0. The van der Waals surface area contributed by atoms with Crippen LogP contribution in [0.3, 0.4) is 0 Å². The molecule has 1 heterocycles. The predicted octanol–water partition coefficient (Wildman–Crippen LogP) is -0.582. The first kappa shape index (κ1) is 10.5. The first-order valence-corrected chi connectivity index (χ1v) is 5.02. The zero-order chi connectivity index (χ0) is 9.52. The maximum absolute atomic E-state index is 11.2. The molecule has 0 radical (unpaired) electrons. The highest BCUT2D eigenvalue weighted by molar-refractivity contribution is 5.78. The third-order valence-electron chi connectivity index (χ3n) is 2.20. The van der Waals surface area contributed by atoms with Gasteiger partial charge in [-0.2, -0.15) is 0 Å². The fraction of sp³-hybridized carbons (Fsp3) is 0.889. The zero-order valence-electron chi connectivity index (χ0n) is 8.31. The molecular formula is C9H19N3O. The van der Waals surface area contributed by atoms with Crippen LogP contribution < -0.4 is 10.6 Å². The SMILES string of the molecule is CCNCCN1CCCNC(=O)C1. The zero-order valence-corrected chi connectivity index (χ0v) is 8.31. The fourth-order valence-electron chi connectivity index (χ4n) is 1.47. The number of rotatable bonds is 4. The lowest BCUT2D eigenvalue weighted by Gasteiger charge is -2.17. The summed E-state index contributed by atoms with van der Waals surface area (Å²) < 4.78 is 0. The monoisotopic (exact) mass is 185 g/mol. The Bertz CT molecular complexity index is 161. The minimum absolute atomic E-state index is 0.161. The van der Waals surface area contributed by atoms with E-state index in [9.17, 15) is 4.79 Å². The average Bonchev–Trinajstić information content (AvgIpc) is 2.31. The molecule has 0 aromatic rings. The average molecular weight is 185 g/mol. The van der Waals surface area contributed by atoms with Crippen molar-refractivity contribution >= 4 is 5.91 Å². The molecule has 0 aliphatic carbocycles. The molecule has 0 aromatic carbocycles. The number of nitrogens with zero attached hydrogens (tertiary/aromatic N) is 1. The van der Waals surface area contributed by atoms with E-state index in [1.807, 2.05) is 0 Å². The summed E-state index contributed by atoms with van der Waals surface area (Å²) in [6.07, 6.45) is 1.07. The molecule has 0 spiro atoms. The number of amides is 1. The van der Waals surface area contributed by atoms with Gasteiger partial charge in [-0.05, 0) is 13.0 Å². The first-order chi connectivity index (χ1) is 6.33. The summed E-state index contributed by atoms with van der Waals surface area (Å²) in [5.41, 5.74) is 0. The van der Waals surface area contributed by atoms with Gasteiger partial charge in [0, 0.05) is 26.2 Å². The predicted molar refractivity (Wildman–Crippen MR) is 52.6 cm³/mol. The third kappa shape index (κ3) is 4.24. The van der Waals surface area contributed by atoms with E-state index in [1.54, 1.807) is 0 Å². The van der Waals surface area contributed by atoms with E-state index in [1.165, 1.54) is 0 Å². The summed E-state index contributed by atoms with van der Waals surface area (Å²) in [6.45, 7) is 7.46. The van der Waals surface area contributed by atoms with Crippen LogP contribution in [0, 0.1) is 0 Å². The molecule has 0 bridgehead atoms. The van der Waals surface area contributed by atoms with Gasteiger partial charge in [0.25, 0.3) is 0 Å². The maximum Gasteiger partial charge on any atom is 0.234 e. The van der Waals surface area contributed by atoms with Gasteiger partial charge in [-0.15, -0.1) is 0 Å². The first-order valence-electron chi connectivity index (χ1n) is 5.02. The van der Waals surface area contributed by atoms with Crippen LogP contribution in [0.1, 0.15) is 13.3 Å². The van der Waals surface area contributed by atoms with E-state index in [4.69, 9.17) is 0 Å². The molecule has 0 atom stereocenters. The van der Waals surface area contributed by atoms with Crippen LogP contribution in [0.25, 0.3) is 0 Å². The molecule has 0 aromatic heterocycles. The molecule has 13 heavy (non-hydrogen) atoms. The number of likely N-dealkylation sites (N-methyl/N-ethyl adjacent to an activating group) is 1. The van der Waals surface area contributed by atoms with Gasteiger partial charge in [-0.3, -0.25) is 9.69 Å². The Morgan fingerprint density at radius 1 is 1.62 bits per heavy atom. The quantitative estimate of drug-likeness (QED) is 0.576. The second-order valence-electron chi connectivity index (χ2n) is 3.33. The minimum Gasteiger partial charge on any atom is -0.355 e. The largest absolute Gasteiger partial charge is 0.355 e. The molecule has 4 nitrogen and oxygen atoms in total. The number of carbonyl (C=O) groups excluding carboxylic acids is 1. The molecule has 1 amide bonds. The topological polar surface area (TPSA) is 44.4 Å². The van der Waals surface area contributed by atoms with E-state index >= 15 is 0 Å². The third-order valence-corrected chi connectivity index (χ3v) is 2.20. The number of hydrogen-bond donors (Lipinski definition) is 2. The Kier molecular flexibility index (Phi) is 4.78. The van der Waals surface area contributed by atoms with E-state index < -0.39 is 0 Å². The summed E-state index contributed by atoms with van der Waals surface area (Å²) in [4.78, 5) is 13.4. The van der Waals surface area contributed by atoms with Gasteiger partial charge in [0.1, 0.15) is 0 Å². The molecular weight excluding hydrogens is 166 g/mol. The molecule has 4 heteroatoms. The van der Waals surface area contributed by atoms with Crippen molar-refractivity contribution in [3.63, 3.8) is 0 Å². The van der Waals surface area contributed by atoms with Crippen LogP contribution in [0.2, 0.25) is 0 Å². The summed E-state index contributed by atoms with van der Waals surface area (Å²) in [6, 6.07) is 0. The van der Waals surface area contributed by atoms with Crippen LogP contribution in [0.15, 0.2) is 0 Å². The Hall–Kier alpha value is -0.610. The van der Waals surface area contributed by atoms with Crippen molar-refractivity contribution in [2.45, 2.75) is 13.3 Å². The molecule has 76 valence electrons. The molecule has 1 saturated heterocycles. The van der Waals surface area contributed by atoms with Gasteiger partial charge in [0.05, 0.1) is 6.54 Å². The van der Waals surface area contributed by atoms with Gasteiger partial charge in [-0.25, -0.2) is 0 Å². The van der Waals surface area contributed by atoms with E-state index in [-0.39, 0.29) is 5.91 Å². The van der Waals surface area contributed by atoms with E-state index in [2.05, 4.69) is 22.5 Å². The van der Waals surface area contributed by atoms with Crippen LogP contribution in [0.4, 0.5) is 0 Å². The van der Waals surface area contributed by atoms with Gasteiger partial charge in [0.2, 0.25) is 5.91 Å². The Morgan fingerprint density at radius 2 is 2.46 bits per heavy atom. The van der Waals surface area contributed by atoms with Gasteiger partial charge < -0.3 is 10.6 Å². The van der Waals surface area contributed by atoms with Gasteiger partial charge >= 0.3 is 0 Å². The van der Waals surface area contributed by atoms with Gasteiger partial charge in [-0.1, -0.05) is 6.92 Å². The van der Waals surface area contributed by atoms with Crippen molar-refractivity contribution in [3.8, 4) is 0 Å². The summed E-state index contributed by atoms with van der Waals surface area (Å²) in [5, 5.41) is 6.12. The van der Waals surface area contributed by atoms with Crippen LogP contribution in [-0.2, 0) is 4.79 Å². The van der Waals surface area contributed by atoms with Gasteiger partial charge in [0.15, 0.2) is 0 Å². The standard InChI is InChI=1S/C9H19N3O/c1-2-10-5-7-12-6-3-4-11-9(13)8-12/h10H,2-8H2,1H3,(H,11,13). The van der Waals surface area contributed by atoms with Crippen molar-refractivity contribution in [1.82, 2.24) is 15.5 Å². The Balaban J connectivity index is 2.19. The summed E-state index contributed by atoms with van der Waals surface area (Å²) in [5.74, 6) is 0.161. The fourth-order valence-corrected chi connectivity index (χ4v) is 1.47. The minimum atomic E-state index is 0.161. The van der Waals surface area contributed by atoms with Crippen molar-refractivity contribution < 1.29 is 4.79 Å². The lowest BCUT2D eigenvalue weighted by atomic mass is 10.4. The lowest BCUT2D eigenvalue weighted by Crippen LogP contribution is -2.37. The molecule has 1 aliphatic heterocycles. The Labute approximate surface area is 79.7 Å². The van der Waals surface area contributed by atoms with Crippen LogP contribution >= 0.6 is 0 Å². The molecule has 1 rings (SSSR count). The van der Waals surface area contributed by atoms with E-state index in [0.717, 1.165) is 39.1 Å². The second kappa shape index (κ2) is 5.94. The molecule has 0 saturated carbocycles. The lowest BCUT2D eigenvalue weighted by molar-refractivity contribution is -0.121. The number of nitrogens with one attached hydrogen (secondary N) is 2. The van der Waals surface area contributed by atoms with Crippen molar-refractivity contribution in [3.05, 3.63) is 0 Å². The molecule has 1 aliphatic rings. The van der Waals surface area contributed by atoms with Crippen molar-refractivity contribution in [2.24, 2.45) is 0 Å². The number of carbonyl (C=O) groups is 1. The smallest absolute Gasteiger partial charge is 0.234 e. The highest BCUT2D eigenvalue weighted by Crippen LogP contribution is 1.94. The normalized spacial score (nSPS) is 19.6. The molecule has 1 fully saturated rings. The number of hydrogen-bond acceptors (Lipinski definition) is 3. The van der Waals surface area contributed by atoms with Crippen LogP contribution in [0.5, 0.6) is 0 Å². The van der Waals surface area contributed by atoms with Crippen molar-refractivity contribution in [2.75, 3.05) is 39.3 Å². The highest BCUT2D eigenvalue weighted by Gasteiger charge is 2.12.